The molecule has 4 heteroatoms. The molecule has 0 bridgehead atoms. The largest absolute Gasteiger partial charge is 0.459 e. The fraction of sp³-hybridized carbons (Fsp3) is 0.462. The van der Waals surface area contributed by atoms with Gasteiger partial charge in [-0.25, -0.2) is 0 Å². The molecular weight excluding hydrogens is 218 g/mol. The monoisotopic (exact) mass is 237 g/mol. The lowest BCUT2D eigenvalue weighted by atomic mass is 10.0. The summed E-state index contributed by atoms with van der Waals surface area (Å²) in [5.41, 5.74) is 5.67. The summed E-state index contributed by atoms with van der Waals surface area (Å²) in [6.07, 6.45) is -1.05. The van der Waals surface area contributed by atoms with Gasteiger partial charge in [-0.15, -0.1) is 0 Å². The van der Waals surface area contributed by atoms with Crippen LogP contribution in [0.5, 0.6) is 0 Å². The van der Waals surface area contributed by atoms with E-state index in [2.05, 4.69) is 0 Å². The highest BCUT2D eigenvalue weighted by molar-refractivity contribution is 5.77. The zero-order chi connectivity index (χ0) is 13.1. The minimum absolute atomic E-state index is 0.603. The molecule has 17 heavy (non-hydrogen) atoms. The molecule has 4 nitrogen and oxygen atoms in total. The second kappa shape index (κ2) is 5.29. The topological polar surface area (TPSA) is 72.5 Å². The first kappa shape index (κ1) is 13.7. The number of carbonyl (C=O) groups excluding carboxylic acids is 1. The Hall–Kier alpha value is -1.39. The zero-order valence-electron chi connectivity index (χ0n) is 10.4. The maximum atomic E-state index is 11.7. The smallest absolute Gasteiger partial charge is 0.326 e. The summed E-state index contributed by atoms with van der Waals surface area (Å²) in [5, 5.41) is 9.93. The molecule has 0 aliphatic rings. The van der Waals surface area contributed by atoms with Crippen LogP contribution in [0.1, 0.15) is 32.4 Å². The van der Waals surface area contributed by atoms with Gasteiger partial charge in [0.25, 0.3) is 0 Å². The molecule has 2 atom stereocenters. The van der Waals surface area contributed by atoms with Crippen LogP contribution in [0.15, 0.2) is 30.3 Å². The second-order valence-corrected chi connectivity index (χ2v) is 4.91. The van der Waals surface area contributed by atoms with E-state index in [0.717, 1.165) is 0 Å². The first-order chi connectivity index (χ1) is 7.81. The molecule has 0 unspecified atom stereocenters. The van der Waals surface area contributed by atoms with Crippen molar-refractivity contribution < 1.29 is 14.6 Å². The van der Waals surface area contributed by atoms with Crippen LogP contribution in [0.4, 0.5) is 0 Å². The summed E-state index contributed by atoms with van der Waals surface area (Å²) in [5.74, 6) is -0.603. The molecule has 0 saturated heterocycles. The average molecular weight is 237 g/mol. The lowest BCUT2D eigenvalue weighted by Crippen LogP contribution is -2.41. The van der Waals surface area contributed by atoms with Crippen molar-refractivity contribution in [3.8, 4) is 0 Å². The van der Waals surface area contributed by atoms with Crippen LogP contribution in [0.25, 0.3) is 0 Å². The highest BCUT2D eigenvalue weighted by Gasteiger charge is 2.28. The van der Waals surface area contributed by atoms with Gasteiger partial charge < -0.3 is 15.6 Å². The summed E-state index contributed by atoms with van der Waals surface area (Å²) in [6, 6.07) is 7.75. The van der Waals surface area contributed by atoms with Crippen molar-refractivity contribution >= 4 is 5.97 Å². The van der Waals surface area contributed by atoms with Gasteiger partial charge in [0, 0.05) is 0 Å². The van der Waals surface area contributed by atoms with Gasteiger partial charge >= 0.3 is 5.97 Å². The predicted molar refractivity (Wildman–Crippen MR) is 65.2 cm³/mol. The van der Waals surface area contributed by atoms with Crippen molar-refractivity contribution in [2.24, 2.45) is 5.73 Å². The molecule has 0 spiro atoms. The number of carbonyl (C=O) groups is 1. The maximum Gasteiger partial charge on any atom is 0.326 e. The molecule has 0 saturated carbocycles. The molecule has 0 radical (unpaired) electrons. The van der Waals surface area contributed by atoms with Crippen LogP contribution in [0.3, 0.4) is 0 Å². The Bertz CT molecular complexity index is 370. The highest BCUT2D eigenvalue weighted by atomic mass is 16.6. The van der Waals surface area contributed by atoms with E-state index >= 15 is 0 Å². The zero-order valence-corrected chi connectivity index (χ0v) is 10.4. The van der Waals surface area contributed by atoms with Crippen molar-refractivity contribution in [1.29, 1.82) is 0 Å². The van der Waals surface area contributed by atoms with Crippen LogP contribution >= 0.6 is 0 Å². The Balaban J connectivity index is 2.70. The Morgan fingerprint density at radius 1 is 1.29 bits per heavy atom. The van der Waals surface area contributed by atoms with Gasteiger partial charge in [0.05, 0.1) is 0 Å². The molecule has 0 amide bonds. The first-order valence-corrected chi connectivity index (χ1v) is 5.53. The van der Waals surface area contributed by atoms with Gasteiger partial charge in [0.15, 0.2) is 0 Å². The highest BCUT2D eigenvalue weighted by Crippen LogP contribution is 2.18. The number of aliphatic hydroxyl groups is 1. The van der Waals surface area contributed by atoms with Crippen LogP contribution in [0, 0.1) is 0 Å². The van der Waals surface area contributed by atoms with Crippen molar-refractivity contribution in [2.75, 3.05) is 0 Å². The fourth-order valence-corrected chi connectivity index (χ4v) is 1.36. The van der Waals surface area contributed by atoms with E-state index in [-0.39, 0.29) is 0 Å². The molecule has 3 N–H and O–H groups in total. The number of hydrogen-bond acceptors (Lipinski definition) is 4. The fourth-order valence-electron chi connectivity index (χ4n) is 1.36. The van der Waals surface area contributed by atoms with Gasteiger partial charge in [-0.3, -0.25) is 4.79 Å². The first-order valence-electron chi connectivity index (χ1n) is 5.53. The van der Waals surface area contributed by atoms with Crippen molar-refractivity contribution in [3.63, 3.8) is 0 Å². The minimum Gasteiger partial charge on any atom is -0.459 e. The maximum absolute atomic E-state index is 11.7. The van der Waals surface area contributed by atoms with Gasteiger partial charge in [-0.2, -0.15) is 0 Å². The van der Waals surface area contributed by atoms with Crippen molar-refractivity contribution in [2.45, 2.75) is 38.5 Å². The third kappa shape index (κ3) is 4.17. The van der Waals surface area contributed by atoms with Gasteiger partial charge in [0.1, 0.15) is 17.7 Å². The van der Waals surface area contributed by atoms with Gasteiger partial charge in [0.2, 0.25) is 0 Å². The summed E-state index contributed by atoms with van der Waals surface area (Å²) in [7, 11) is 0. The molecular formula is C13H19NO3. The van der Waals surface area contributed by atoms with Gasteiger partial charge in [-0.1, -0.05) is 30.3 Å². The Kier molecular flexibility index (Phi) is 4.26. The third-order valence-corrected chi connectivity index (χ3v) is 2.16. The van der Waals surface area contributed by atoms with Crippen LogP contribution in [0.2, 0.25) is 0 Å². The number of esters is 1. The van der Waals surface area contributed by atoms with E-state index < -0.39 is 23.7 Å². The number of nitrogens with two attached hydrogens (primary N) is 1. The molecule has 1 aromatic carbocycles. The number of aliphatic hydroxyl groups excluding tert-OH is 1. The lowest BCUT2D eigenvalue weighted by molar-refractivity contribution is -0.159. The molecule has 0 heterocycles. The van der Waals surface area contributed by atoms with Gasteiger partial charge in [-0.05, 0) is 26.3 Å². The summed E-state index contributed by atoms with van der Waals surface area (Å²) >= 11 is 0. The van der Waals surface area contributed by atoms with E-state index in [1.807, 2.05) is 6.07 Å². The molecule has 1 rings (SSSR count). The molecule has 1 aromatic rings. The van der Waals surface area contributed by atoms with E-state index in [1.165, 1.54) is 0 Å². The number of rotatable bonds is 3. The normalized spacial score (nSPS) is 15.1. The summed E-state index contributed by atoms with van der Waals surface area (Å²) in [6.45, 7) is 5.27. The van der Waals surface area contributed by atoms with Crippen molar-refractivity contribution in [1.82, 2.24) is 0 Å². The lowest BCUT2D eigenvalue weighted by Gasteiger charge is -2.24. The van der Waals surface area contributed by atoms with E-state index in [1.54, 1.807) is 45.0 Å². The molecule has 94 valence electrons. The summed E-state index contributed by atoms with van der Waals surface area (Å²) in [4.78, 5) is 11.7. The van der Waals surface area contributed by atoms with Crippen LogP contribution in [-0.2, 0) is 9.53 Å². The van der Waals surface area contributed by atoms with Crippen LogP contribution < -0.4 is 5.73 Å². The quantitative estimate of drug-likeness (QED) is 0.779. The molecule has 0 fully saturated rings. The third-order valence-electron chi connectivity index (χ3n) is 2.16. The van der Waals surface area contributed by atoms with E-state index in [9.17, 15) is 9.90 Å². The SMILES string of the molecule is CC(C)(C)OC(=O)[C@H](N)[C@H](O)c1ccccc1. The van der Waals surface area contributed by atoms with E-state index in [4.69, 9.17) is 10.5 Å². The Labute approximate surface area is 101 Å². The number of ether oxygens (including phenoxy) is 1. The van der Waals surface area contributed by atoms with Crippen LogP contribution in [-0.4, -0.2) is 22.7 Å². The molecule has 0 aliphatic carbocycles. The standard InChI is InChI=1S/C13H19NO3/c1-13(2,3)17-12(16)10(14)11(15)9-7-5-4-6-8-9/h4-8,10-11,15H,14H2,1-3H3/t10-,11-/m1/s1. The second-order valence-electron chi connectivity index (χ2n) is 4.91. The average Bonchev–Trinajstić information content (AvgIpc) is 2.26. The van der Waals surface area contributed by atoms with Crippen molar-refractivity contribution in [3.05, 3.63) is 35.9 Å². The Morgan fingerprint density at radius 3 is 2.29 bits per heavy atom. The number of hydrogen-bond donors (Lipinski definition) is 2. The molecule has 0 aromatic heterocycles. The Morgan fingerprint density at radius 2 is 1.82 bits per heavy atom. The van der Waals surface area contributed by atoms with E-state index in [0.29, 0.717) is 5.56 Å². The summed E-state index contributed by atoms with van der Waals surface area (Å²) < 4.78 is 5.12. The number of benzene rings is 1. The molecule has 0 aliphatic heterocycles. The predicted octanol–water partition coefficient (Wildman–Crippen LogP) is 1.39. The minimum atomic E-state index is -1.07.